The SMILES string of the molecule is CC(=O)C(N)c1ccccc1O. The van der Waals surface area contributed by atoms with Gasteiger partial charge in [0.15, 0.2) is 5.78 Å². The van der Waals surface area contributed by atoms with E-state index in [4.69, 9.17) is 5.73 Å². The molecule has 1 rings (SSSR count). The minimum atomic E-state index is -0.716. The van der Waals surface area contributed by atoms with Gasteiger partial charge in [0.05, 0.1) is 6.04 Å². The molecule has 3 N–H and O–H groups in total. The summed E-state index contributed by atoms with van der Waals surface area (Å²) in [5, 5.41) is 9.30. The Morgan fingerprint density at radius 1 is 1.50 bits per heavy atom. The zero-order chi connectivity index (χ0) is 9.14. The van der Waals surface area contributed by atoms with Crippen molar-refractivity contribution in [1.29, 1.82) is 0 Å². The Bertz CT molecular complexity index is 296. The molecule has 1 unspecified atom stereocenters. The van der Waals surface area contributed by atoms with Crippen LogP contribution in [0.15, 0.2) is 24.3 Å². The number of hydrogen-bond acceptors (Lipinski definition) is 3. The molecule has 12 heavy (non-hydrogen) atoms. The van der Waals surface area contributed by atoms with E-state index in [2.05, 4.69) is 0 Å². The summed E-state index contributed by atoms with van der Waals surface area (Å²) in [7, 11) is 0. The van der Waals surface area contributed by atoms with Crippen molar-refractivity contribution in [2.75, 3.05) is 0 Å². The van der Waals surface area contributed by atoms with E-state index < -0.39 is 6.04 Å². The van der Waals surface area contributed by atoms with Crippen LogP contribution in [0, 0.1) is 0 Å². The number of carbonyl (C=O) groups excluding carboxylic acids is 1. The molecule has 3 nitrogen and oxygen atoms in total. The average Bonchev–Trinajstić information content (AvgIpc) is 2.04. The highest BCUT2D eigenvalue weighted by atomic mass is 16.3. The zero-order valence-corrected chi connectivity index (χ0v) is 6.82. The molecule has 3 heteroatoms. The van der Waals surface area contributed by atoms with Crippen LogP contribution in [-0.4, -0.2) is 10.9 Å². The van der Waals surface area contributed by atoms with Crippen LogP contribution in [-0.2, 0) is 4.79 Å². The van der Waals surface area contributed by atoms with Gasteiger partial charge in [0.25, 0.3) is 0 Å². The molecule has 0 spiro atoms. The number of phenols is 1. The molecule has 0 fully saturated rings. The van der Waals surface area contributed by atoms with Gasteiger partial charge in [0, 0.05) is 5.56 Å². The van der Waals surface area contributed by atoms with Gasteiger partial charge in [-0.05, 0) is 13.0 Å². The summed E-state index contributed by atoms with van der Waals surface area (Å²) in [6.45, 7) is 1.40. The van der Waals surface area contributed by atoms with E-state index in [1.807, 2.05) is 0 Å². The number of ketones is 1. The molecule has 0 aromatic heterocycles. The second kappa shape index (κ2) is 3.36. The molecular weight excluding hydrogens is 154 g/mol. The van der Waals surface area contributed by atoms with E-state index in [9.17, 15) is 9.90 Å². The number of benzene rings is 1. The quantitative estimate of drug-likeness (QED) is 0.686. The van der Waals surface area contributed by atoms with Crippen LogP contribution in [0.2, 0.25) is 0 Å². The third kappa shape index (κ3) is 1.62. The van der Waals surface area contributed by atoms with Crippen molar-refractivity contribution >= 4 is 5.78 Å². The average molecular weight is 165 g/mol. The maximum Gasteiger partial charge on any atom is 0.151 e. The topological polar surface area (TPSA) is 63.3 Å². The van der Waals surface area contributed by atoms with E-state index in [0.717, 1.165) is 0 Å². The summed E-state index contributed by atoms with van der Waals surface area (Å²) in [4.78, 5) is 10.9. The highest BCUT2D eigenvalue weighted by Crippen LogP contribution is 2.21. The van der Waals surface area contributed by atoms with Gasteiger partial charge in [0.1, 0.15) is 5.75 Å². The van der Waals surface area contributed by atoms with E-state index in [0.29, 0.717) is 5.56 Å². The first-order valence-corrected chi connectivity index (χ1v) is 3.67. The molecule has 0 heterocycles. The molecule has 0 saturated heterocycles. The Morgan fingerprint density at radius 2 is 2.08 bits per heavy atom. The number of phenolic OH excluding ortho intramolecular Hbond substituents is 1. The van der Waals surface area contributed by atoms with Gasteiger partial charge in [-0.15, -0.1) is 0 Å². The monoisotopic (exact) mass is 165 g/mol. The standard InChI is InChI=1S/C9H11NO2/c1-6(11)9(10)7-4-2-3-5-8(7)12/h2-5,9,12H,10H2,1H3. The molecule has 64 valence electrons. The lowest BCUT2D eigenvalue weighted by Crippen LogP contribution is -2.18. The van der Waals surface area contributed by atoms with Gasteiger partial charge in [-0.1, -0.05) is 18.2 Å². The van der Waals surface area contributed by atoms with E-state index >= 15 is 0 Å². The fourth-order valence-corrected chi connectivity index (χ4v) is 0.970. The van der Waals surface area contributed by atoms with Crippen LogP contribution in [0.1, 0.15) is 18.5 Å². The Morgan fingerprint density at radius 3 is 2.58 bits per heavy atom. The first-order chi connectivity index (χ1) is 5.63. The van der Waals surface area contributed by atoms with Crippen LogP contribution in [0.4, 0.5) is 0 Å². The smallest absolute Gasteiger partial charge is 0.151 e. The largest absolute Gasteiger partial charge is 0.508 e. The predicted molar refractivity (Wildman–Crippen MR) is 45.7 cm³/mol. The number of para-hydroxylation sites is 1. The Kier molecular flexibility index (Phi) is 2.45. The third-order valence-corrected chi connectivity index (χ3v) is 1.71. The molecule has 0 amide bonds. The minimum absolute atomic E-state index is 0.0696. The van der Waals surface area contributed by atoms with Gasteiger partial charge < -0.3 is 10.8 Å². The van der Waals surface area contributed by atoms with Crippen molar-refractivity contribution in [3.05, 3.63) is 29.8 Å². The zero-order valence-electron chi connectivity index (χ0n) is 6.82. The second-order valence-electron chi connectivity index (χ2n) is 2.65. The van der Waals surface area contributed by atoms with E-state index in [1.54, 1.807) is 18.2 Å². The fourth-order valence-electron chi connectivity index (χ4n) is 0.970. The number of Topliss-reactive ketones (excluding diaryl/α,β-unsaturated/α-hetero) is 1. The van der Waals surface area contributed by atoms with Gasteiger partial charge in [-0.2, -0.15) is 0 Å². The third-order valence-electron chi connectivity index (χ3n) is 1.71. The molecule has 0 bridgehead atoms. The van der Waals surface area contributed by atoms with Crippen molar-refractivity contribution in [3.63, 3.8) is 0 Å². The summed E-state index contributed by atoms with van der Waals surface area (Å²) in [6.07, 6.45) is 0. The Labute approximate surface area is 70.8 Å². The van der Waals surface area contributed by atoms with Gasteiger partial charge >= 0.3 is 0 Å². The summed E-state index contributed by atoms with van der Waals surface area (Å²) < 4.78 is 0. The van der Waals surface area contributed by atoms with Crippen molar-refractivity contribution in [3.8, 4) is 5.75 Å². The van der Waals surface area contributed by atoms with Crippen LogP contribution >= 0.6 is 0 Å². The number of aromatic hydroxyl groups is 1. The molecule has 1 atom stereocenters. The Hall–Kier alpha value is -1.35. The van der Waals surface area contributed by atoms with Crippen molar-refractivity contribution in [2.45, 2.75) is 13.0 Å². The molecule has 0 aliphatic rings. The van der Waals surface area contributed by atoms with Crippen molar-refractivity contribution in [2.24, 2.45) is 5.73 Å². The molecule has 0 aliphatic heterocycles. The fraction of sp³-hybridized carbons (Fsp3) is 0.222. The Balaban J connectivity index is 3.02. The summed E-state index contributed by atoms with van der Waals surface area (Å²) in [6, 6.07) is 5.86. The van der Waals surface area contributed by atoms with E-state index in [1.165, 1.54) is 13.0 Å². The molecule has 0 radical (unpaired) electrons. The lowest BCUT2D eigenvalue weighted by atomic mass is 10.0. The lowest BCUT2D eigenvalue weighted by molar-refractivity contribution is -0.118. The van der Waals surface area contributed by atoms with Crippen molar-refractivity contribution in [1.82, 2.24) is 0 Å². The normalized spacial score (nSPS) is 12.5. The van der Waals surface area contributed by atoms with Gasteiger partial charge in [-0.3, -0.25) is 4.79 Å². The van der Waals surface area contributed by atoms with Crippen LogP contribution in [0.5, 0.6) is 5.75 Å². The number of carbonyl (C=O) groups is 1. The highest BCUT2D eigenvalue weighted by molar-refractivity contribution is 5.83. The van der Waals surface area contributed by atoms with Gasteiger partial charge in [-0.25, -0.2) is 0 Å². The summed E-state index contributed by atoms with van der Waals surface area (Å²) >= 11 is 0. The summed E-state index contributed by atoms with van der Waals surface area (Å²) in [5.41, 5.74) is 6.01. The number of hydrogen-bond donors (Lipinski definition) is 2. The number of rotatable bonds is 2. The molecule has 0 saturated carbocycles. The molecular formula is C9H11NO2. The van der Waals surface area contributed by atoms with Crippen LogP contribution in [0.25, 0.3) is 0 Å². The van der Waals surface area contributed by atoms with Gasteiger partial charge in [0.2, 0.25) is 0 Å². The van der Waals surface area contributed by atoms with Crippen LogP contribution < -0.4 is 5.73 Å². The first-order valence-electron chi connectivity index (χ1n) is 3.67. The van der Waals surface area contributed by atoms with E-state index in [-0.39, 0.29) is 11.5 Å². The minimum Gasteiger partial charge on any atom is -0.508 e. The van der Waals surface area contributed by atoms with Crippen molar-refractivity contribution < 1.29 is 9.90 Å². The molecule has 0 aliphatic carbocycles. The number of nitrogens with two attached hydrogens (primary N) is 1. The highest BCUT2D eigenvalue weighted by Gasteiger charge is 2.13. The predicted octanol–water partition coefficient (Wildman–Crippen LogP) is 0.981. The lowest BCUT2D eigenvalue weighted by Gasteiger charge is -2.08. The maximum atomic E-state index is 10.9. The maximum absolute atomic E-state index is 10.9. The molecule has 1 aromatic rings. The molecule has 1 aromatic carbocycles. The summed E-state index contributed by atoms with van der Waals surface area (Å²) in [5.74, 6) is -0.0864. The first kappa shape index (κ1) is 8.74. The second-order valence-corrected chi connectivity index (χ2v) is 2.65. The van der Waals surface area contributed by atoms with Crippen LogP contribution in [0.3, 0.4) is 0 Å².